The number of sulfonamides is 1. The molecule has 0 aliphatic rings. The summed E-state index contributed by atoms with van der Waals surface area (Å²) in [5.41, 5.74) is 0. The van der Waals surface area contributed by atoms with Crippen LogP contribution in [-0.2, 0) is 16.6 Å². The van der Waals surface area contributed by atoms with Crippen molar-refractivity contribution in [3.8, 4) is 0 Å². The highest BCUT2D eigenvalue weighted by Crippen LogP contribution is 2.18. The van der Waals surface area contributed by atoms with Crippen molar-refractivity contribution < 1.29 is 8.42 Å². The molecule has 0 aromatic carbocycles. The lowest BCUT2D eigenvalue weighted by Crippen LogP contribution is -2.12. The second-order valence-electron chi connectivity index (χ2n) is 5.37. The molecular weight excluding hydrogens is 250 g/mol. The highest BCUT2D eigenvalue weighted by molar-refractivity contribution is 7.89. The van der Waals surface area contributed by atoms with Crippen molar-refractivity contribution in [2.75, 3.05) is 0 Å². The Morgan fingerprint density at radius 3 is 2.39 bits per heavy atom. The number of hydrogen-bond acceptors (Lipinski definition) is 3. The van der Waals surface area contributed by atoms with Gasteiger partial charge in [-0.3, -0.25) is 0 Å². The van der Waals surface area contributed by atoms with E-state index in [4.69, 9.17) is 5.14 Å². The van der Waals surface area contributed by atoms with Gasteiger partial charge in [0.25, 0.3) is 10.0 Å². The van der Waals surface area contributed by atoms with Crippen LogP contribution in [0.25, 0.3) is 0 Å². The van der Waals surface area contributed by atoms with Crippen LogP contribution in [0.15, 0.2) is 11.2 Å². The number of aromatic nitrogens is 2. The Morgan fingerprint density at radius 1 is 1.33 bits per heavy atom. The Labute approximate surface area is 109 Å². The molecule has 1 rings (SSSR count). The zero-order valence-corrected chi connectivity index (χ0v) is 12.4. The van der Waals surface area contributed by atoms with Gasteiger partial charge in [-0.05, 0) is 18.8 Å². The minimum absolute atomic E-state index is 0.0317. The van der Waals surface area contributed by atoms with Crippen LogP contribution in [0.2, 0.25) is 0 Å². The SMILES string of the molecule is CC(C)CCCn1cc(S(N)(=O)=O)nc1C(C)C. The quantitative estimate of drug-likeness (QED) is 0.862. The molecule has 0 saturated carbocycles. The highest BCUT2D eigenvalue weighted by atomic mass is 32.2. The van der Waals surface area contributed by atoms with Gasteiger partial charge in [-0.15, -0.1) is 0 Å². The van der Waals surface area contributed by atoms with E-state index < -0.39 is 10.0 Å². The van der Waals surface area contributed by atoms with Crippen molar-refractivity contribution >= 4 is 10.0 Å². The Morgan fingerprint density at radius 2 is 1.94 bits per heavy atom. The second kappa shape index (κ2) is 5.84. The van der Waals surface area contributed by atoms with Gasteiger partial charge < -0.3 is 4.57 Å². The summed E-state index contributed by atoms with van der Waals surface area (Å²) in [6, 6.07) is 0. The molecule has 1 aromatic heterocycles. The number of imidazole rings is 1. The zero-order valence-electron chi connectivity index (χ0n) is 11.5. The third kappa shape index (κ3) is 4.10. The summed E-state index contributed by atoms with van der Waals surface area (Å²) in [6.07, 6.45) is 3.67. The van der Waals surface area contributed by atoms with E-state index >= 15 is 0 Å². The number of nitrogens with zero attached hydrogens (tertiary/aromatic N) is 2. The first kappa shape index (κ1) is 15.2. The number of nitrogens with two attached hydrogens (primary N) is 1. The van der Waals surface area contributed by atoms with Crippen molar-refractivity contribution in [2.24, 2.45) is 11.1 Å². The van der Waals surface area contributed by atoms with Gasteiger partial charge >= 0.3 is 0 Å². The largest absolute Gasteiger partial charge is 0.333 e. The highest BCUT2D eigenvalue weighted by Gasteiger charge is 2.17. The van der Waals surface area contributed by atoms with Crippen LogP contribution in [-0.4, -0.2) is 18.0 Å². The topological polar surface area (TPSA) is 78.0 Å². The van der Waals surface area contributed by atoms with Crippen LogP contribution < -0.4 is 5.14 Å². The van der Waals surface area contributed by atoms with E-state index in [-0.39, 0.29) is 10.9 Å². The molecule has 0 aliphatic heterocycles. The molecule has 0 amide bonds. The predicted octanol–water partition coefficient (Wildman–Crippen LogP) is 2.09. The summed E-state index contributed by atoms with van der Waals surface area (Å²) in [6.45, 7) is 9.12. The monoisotopic (exact) mass is 273 g/mol. The van der Waals surface area contributed by atoms with Crippen LogP contribution in [0.5, 0.6) is 0 Å². The molecule has 0 fully saturated rings. The number of aryl methyl sites for hydroxylation is 1. The van der Waals surface area contributed by atoms with Crippen LogP contribution in [0.4, 0.5) is 0 Å². The summed E-state index contributed by atoms with van der Waals surface area (Å²) < 4.78 is 24.5. The molecule has 5 nitrogen and oxygen atoms in total. The van der Waals surface area contributed by atoms with Crippen molar-refractivity contribution in [1.29, 1.82) is 0 Å². The van der Waals surface area contributed by atoms with Gasteiger partial charge in [-0.25, -0.2) is 18.5 Å². The molecule has 0 aliphatic carbocycles. The third-order valence-corrected chi connectivity index (χ3v) is 3.55. The van der Waals surface area contributed by atoms with Gasteiger partial charge in [0.1, 0.15) is 5.82 Å². The Kier molecular flexibility index (Phi) is 4.92. The van der Waals surface area contributed by atoms with Gasteiger partial charge in [-0.2, -0.15) is 0 Å². The molecule has 0 spiro atoms. The first-order valence-electron chi connectivity index (χ1n) is 6.31. The summed E-state index contributed by atoms with van der Waals surface area (Å²) >= 11 is 0. The number of hydrogen-bond donors (Lipinski definition) is 1. The molecule has 0 saturated heterocycles. The molecule has 1 aromatic rings. The number of primary sulfonamides is 1. The van der Waals surface area contributed by atoms with Gasteiger partial charge in [0.2, 0.25) is 0 Å². The smallest absolute Gasteiger partial charge is 0.257 e. The lowest BCUT2D eigenvalue weighted by atomic mass is 10.1. The van der Waals surface area contributed by atoms with Gasteiger partial charge in [0, 0.05) is 18.7 Å². The van der Waals surface area contributed by atoms with Gasteiger partial charge in [-0.1, -0.05) is 27.7 Å². The Balaban J connectivity index is 2.92. The Hall–Kier alpha value is -0.880. The minimum atomic E-state index is -3.71. The summed E-state index contributed by atoms with van der Waals surface area (Å²) in [5.74, 6) is 1.61. The molecule has 0 radical (unpaired) electrons. The molecule has 18 heavy (non-hydrogen) atoms. The maximum Gasteiger partial charge on any atom is 0.257 e. The molecule has 2 N–H and O–H groups in total. The van der Waals surface area contributed by atoms with E-state index in [2.05, 4.69) is 18.8 Å². The number of rotatable bonds is 6. The first-order valence-corrected chi connectivity index (χ1v) is 7.86. The predicted molar refractivity (Wildman–Crippen MR) is 71.8 cm³/mol. The van der Waals surface area contributed by atoms with Crippen molar-refractivity contribution in [3.63, 3.8) is 0 Å². The first-order chi connectivity index (χ1) is 8.21. The standard InChI is InChI=1S/C12H23N3O2S/c1-9(2)6-5-7-15-8-11(18(13,16)17)14-12(15)10(3)4/h8-10H,5-7H2,1-4H3,(H2,13,16,17). The van der Waals surface area contributed by atoms with Crippen LogP contribution in [0, 0.1) is 5.92 Å². The van der Waals surface area contributed by atoms with Crippen molar-refractivity contribution in [1.82, 2.24) is 9.55 Å². The fourth-order valence-corrected chi connectivity index (χ4v) is 2.35. The van der Waals surface area contributed by atoms with E-state index in [0.29, 0.717) is 5.92 Å². The molecule has 6 heteroatoms. The van der Waals surface area contributed by atoms with Gasteiger partial charge in [0.15, 0.2) is 5.03 Å². The van der Waals surface area contributed by atoms with E-state index in [1.165, 1.54) is 0 Å². The minimum Gasteiger partial charge on any atom is -0.333 e. The van der Waals surface area contributed by atoms with Crippen LogP contribution in [0.1, 0.15) is 52.3 Å². The zero-order chi connectivity index (χ0) is 13.9. The van der Waals surface area contributed by atoms with Crippen molar-refractivity contribution in [3.05, 3.63) is 12.0 Å². The van der Waals surface area contributed by atoms with Crippen molar-refractivity contribution in [2.45, 2.75) is 58.0 Å². The summed E-state index contributed by atoms with van der Waals surface area (Å²) in [7, 11) is -3.71. The van der Waals surface area contributed by atoms with E-state index in [9.17, 15) is 8.42 Å². The average Bonchev–Trinajstić information content (AvgIpc) is 2.60. The fourth-order valence-electron chi connectivity index (χ4n) is 1.85. The molecule has 104 valence electrons. The van der Waals surface area contributed by atoms with E-state index in [0.717, 1.165) is 25.2 Å². The van der Waals surface area contributed by atoms with E-state index in [1.807, 2.05) is 18.4 Å². The summed E-state index contributed by atoms with van der Waals surface area (Å²) in [4.78, 5) is 4.13. The molecule has 0 bridgehead atoms. The second-order valence-corrected chi connectivity index (χ2v) is 6.87. The van der Waals surface area contributed by atoms with E-state index in [1.54, 1.807) is 6.20 Å². The third-order valence-electron chi connectivity index (χ3n) is 2.77. The maximum atomic E-state index is 11.3. The Bertz CT molecular complexity index is 489. The lowest BCUT2D eigenvalue weighted by Gasteiger charge is -2.10. The fraction of sp³-hybridized carbons (Fsp3) is 0.750. The van der Waals surface area contributed by atoms with Crippen LogP contribution in [0.3, 0.4) is 0 Å². The normalized spacial score (nSPS) is 12.6. The molecule has 0 unspecified atom stereocenters. The van der Waals surface area contributed by atoms with Crippen LogP contribution >= 0.6 is 0 Å². The molecular formula is C12H23N3O2S. The molecule has 0 atom stereocenters. The average molecular weight is 273 g/mol. The lowest BCUT2D eigenvalue weighted by molar-refractivity contribution is 0.498. The molecule has 1 heterocycles. The maximum absolute atomic E-state index is 11.3. The summed E-state index contributed by atoms with van der Waals surface area (Å²) in [5, 5.41) is 5.08. The van der Waals surface area contributed by atoms with Gasteiger partial charge in [0.05, 0.1) is 0 Å².